The Morgan fingerprint density at radius 2 is 2.14 bits per heavy atom. The van der Waals surface area contributed by atoms with Crippen LogP contribution in [-0.4, -0.2) is 40.2 Å². The minimum Gasteiger partial charge on any atom is -0.394 e. The lowest BCUT2D eigenvalue weighted by atomic mass is 10.1. The molecule has 2 rings (SSSR count). The number of fused-ring (bicyclic) bond motifs is 1. The maximum atomic E-state index is 9.52. The lowest BCUT2D eigenvalue weighted by Crippen LogP contribution is -2.17. The van der Waals surface area contributed by atoms with Crippen molar-refractivity contribution in [3.63, 3.8) is 0 Å². The van der Waals surface area contributed by atoms with Crippen molar-refractivity contribution in [1.29, 1.82) is 0 Å². The van der Waals surface area contributed by atoms with Gasteiger partial charge in [-0.15, -0.1) is 11.8 Å². The number of benzene rings is 1. The Morgan fingerprint density at radius 1 is 1.33 bits per heavy atom. The van der Waals surface area contributed by atoms with Gasteiger partial charge in [0.05, 0.1) is 18.2 Å². The monoisotopic (exact) mass is 306 g/mol. The van der Waals surface area contributed by atoms with E-state index in [1.165, 1.54) is 11.8 Å². The standard InChI is InChI=1S/C16H22N2O2S/c1-2-7-17-9-13-8-12-5-3-4-6-15(12)18-16(13)21-11-14(20)10-19/h3-6,8,14,17,19-20H,2,7,9-11H2,1H3. The normalized spacial score (nSPS) is 12.7. The molecule has 114 valence electrons. The Bertz CT molecular complexity index is 577. The molecule has 1 unspecified atom stereocenters. The summed E-state index contributed by atoms with van der Waals surface area (Å²) in [6, 6.07) is 10.2. The van der Waals surface area contributed by atoms with Gasteiger partial charge in [0, 0.05) is 17.7 Å². The van der Waals surface area contributed by atoms with Crippen LogP contribution >= 0.6 is 11.8 Å². The number of nitrogens with zero attached hydrogens (tertiary/aromatic N) is 1. The van der Waals surface area contributed by atoms with Gasteiger partial charge in [-0.25, -0.2) is 4.98 Å². The van der Waals surface area contributed by atoms with Gasteiger partial charge in [-0.1, -0.05) is 25.1 Å². The van der Waals surface area contributed by atoms with E-state index >= 15 is 0 Å². The number of thioether (sulfide) groups is 1. The van der Waals surface area contributed by atoms with Gasteiger partial charge >= 0.3 is 0 Å². The van der Waals surface area contributed by atoms with Gasteiger partial charge in [0.15, 0.2) is 0 Å². The zero-order chi connectivity index (χ0) is 15.1. The molecule has 0 saturated heterocycles. The van der Waals surface area contributed by atoms with E-state index < -0.39 is 6.10 Å². The largest absolute Gasteiger partial charge is 0.394 e. The number of aromatic nitrogens is 1. The highest BCUT2D eigenvalue weighted by Gasteiger charge is 2.10. The summed E-state index contributed by atoms with van der Waals surface area (Å²) in [5.41, 5.74) is 2.09. The quantitative estimate of drug-likeness (QED) is 0.515. The first-order valence-electron chi connectivity index (χ1n) is 7.25. The van der Waals surface area contributed by atoms with Gasteiger partial charge in [0.1, 0.15) is 5.03 Å². The van der Waals surface area contributed by atoms with Crippen molar-refractivity contribution in [2.24, 2.45) is 0 Å². The Balaban J connectivity index is 2.22. The lowest BCUT2D eigenvalue weighted by Gasteiger charge is -2.12. The van der Waals surface area contributed by atoms with E-state index in [2.05, 4.69) is 24.4 Å². The number of hydrogen-bond acceptors (Lipinski definition) is 5. The summed E-state index contributed by atoms with van der Waals surface area (Å²) in [6.07, 6.45) is 0.381. The van der Waals surface area contributed by atoms with Crippen molar-refractivity contribution in [2.45, 2.75) is 31.0 Å². The van der Waals surface area contributed by atoms with Crippen molar-refractivity contribution in [1.82, 2.24) is 10.3 Å². The molecule has 1 heterocycles. The van der Waals surface area contributed by atoms with Crippen LogP contribution in [0.2, 0.25) is 0 Å². The third kappa shape index (κ3) is 4.68. The average molecular weight is 306 g/mol. The van der Waals surface area contributed by atoms with Crippen LogP contribution in [0.3, 0.4) is 0 Å². The van der Waals surface area contributed by atoms with Gasteiger partial charge in [0.25, 0.3) is 0 Å². The molecule has 0 bridgehead atoms. The fourth-order valence-electron chi connectivity index (χ4n) is 2.02. The van der Waals surface area contributed by atoms with E-state index in [0.717, 1.165) is 41.0 Å². The van der Waals surface area contributed by atoms with Crippen LogP contribution in [0.1, 0.15) is 18.9 Å². The smallest absolute Gasteiger partial charge is 0.101 e. The Hall–Kier alpha value is -1.14. The predicted molar refractivity (Wildman–Crippen MR) is 87.6 cm³/mol. The molecule has 1 atom stereocenters. The van der Waals surface area contributed by atoms with Crippen molar-refractivity contribution < 1.29 is 10.2 Å². The topological polar surface area (TPSA) is 65.4 Å². The number of nitrogens with one attached hydrogen (secondary N) is 1. The second-order valence-corrected chi connectivity index (χ2v) is 5.98. The molecular formula is C16H22N2O2S. The molecule has 0 fully saturated rings. The maximum Gasteiger partial charge on any atom is 0.101 e. The highest BCUT2D eigenvalue weighted by atomic mass is 32.2. The van der Waals surface area contributed by atoms with Crippen molar-refractivity contribution in [3.05, 3.63) is 35.9 Å². The molecule has 0 radical (unpaired) electrons. The molecule has 4 nitrogen and oxygen atoms in total. The average Bonchev–Trinajstić information content (AvgIpc) is 2.52. The molecule has 1 aromatic heterocycles. The first-order valence-corrected chi connectivity index (χ1v) is 8.24. The van der Waals surface area contributed by atoms with E-state index in [4.69, 9.17) is 10.1 Å². The number of aliphatic hydroxyl groups excluding tert-OH is 2. The molecule has 3 N–H and O–H groups in total. The summed E-state index contributed by atoms with van der Waals surface area (Å²) in [5.74, 6) is 0.447. The van der Waals surface area contributed by atoms with Crippen LogP contribution in [0, 0.1) is 0 Å². The van der Waals surface area contributed by atoms with Crippen LogP contribution in [0.15, 0.2) is 35.4 Å². The molecule has 2 aromatic rings. The first kappa shape index (κ1) is 16.2. The summed E-state index contributed by atoms with van der Waals surface area (Å²) >= 11 is 1.49. The Morgan fingerprint density at radius 3 is 2.90 bits per heavy atom. The highest BCUT2D eigenvalue weighted by molar-refractivity contribution is 7.99. The molecule has 0 aliphatic heterocycles. The summed E-state index contributed by atoms with van der Waals surface area (Å²) in [7, 11) is 0. The third-order valence-corrected chi connectivity index (χ3v) is 4.31. The molecular weight excluding hydrogens is 284 g/mol. The number of rotatable bonds is 8. The molecule has 0 aliphatic carbocycles. The molecule has 21 heavy (non-hydrogen) atoms. The Kier molecular flexibility index (Phi) is 6.45. The van der Waals surface area contributed by atoms with Gasteiger partial charge in [-0.3, -0.25) is 0 Å². The van der Waals surface area contributed by atoms with E-state index in [1.807, 2.05) is 18.2 Å². The third-order valence-electron chi connectivity index (χ3n) is 3.13. The van der Waals surface area contributed by atoms with Crippen LogP contribution in [-0.2, 0) is 6.54 Å². The molecule has 0 spiro atoms. The minimum absolute atomic E-state index is 0.218. The van der Waals surface area contributed by atoms with Gasteiger partial charge in [0.2, 0.25) is 0 Å². The number of hydrogen-bond donors (Lipinski definition) is 3. The SMILES string of the molecule is CCCNCc1cc2ccccc2nc1SCC(O)CO. The second kappa shape index (κ2) is 8.34. The van der Waals surface area contributed by atoms with Crippen molar-refractivity contribution in [2.75, 3.05) is 18.9 Å². The van der Waals surface area contributed by atoms with Crippen LogP contribution in [0.5, 0.6) is 0 Å². The minimum atomic E-state index is -0.709. The van der Waals surface area contributed by atoms with Gasteiger partial charge < -0.3 is 15.5 Å². The Labute approximate surface area is 129 Å². The van der Waals surface area contributed by atoms with Crippen LogP contribution < -0.4 is 5.32 Å². The second-order valence-electron chi connectivity index (χ2n) is 4.97. The summed E-state index contributed by atoms with van der Waals surface area (Å²) in [4.78, 5) is 4.69. The zero-order valence-corrected chi connectivity index (χ0v) is 13.1. The fourth-order valence-corrected chi connectivity index (χ4v) is 2.96. The molecule has 1 aromatic carbocycles. The zero-order valence-electron chi connectivity index (χ0n) is 12.2. The number of aliphatic hydroxyl groups is 2. The molecule has 0 amide bonds. The number of pyridine rings is 1. The summed E-state index contributed by atoms with van der Waals surface area (Å²) < 4.78 is 0. The molecule has 0 aliphatic rings. The van der Waals surface area contributed by atoms with Gasteiger partial charge in [-0.2, -0.15) is 0 Å². The van der Waals surface area contributed by atoms with E-state index in [9.17, 15) is 5.11 Å². The molecule has 5 heteroatoms. The summed E-state index contributed by atoms with van der Waals surface area (Å²) in [6.45, 7) is 3.66. The van der Waals surface area contributed by atoms with E-state index in [1.54, 1.807) is 0 Å². The van der Waals surface area contributed by atoms with Crippen LogP contribution in [0.4, 0.5) is 0 Å². The lowest BCUT2D eigenvalue weighted by molar-refractivity contribution is 0.113. The van der Waals surface area contributed by atoms with E-state index in [0.29, 0.717) is 5.75 Å². The predicted octanol–water partition coefficient (Wildman–Crippen LogP) is 2.18. The van der Waals surface area contributed by atoms with Crippen molar-refractivity contribution >= 4 is 22.7 Å². The van der Waals surface area contributed by atoms with Gasteiger partial charge in [-0.05, 0) is 30.7 Å². The maximum absolute atomic E-state index is 9.52. The highest BCUT2D eigenvalue weighted by Crippen LogP contribution is 2.25. The van der Waals surface area contributed by atoms with Crippen LogP contribution in [0.25, 0.3) is 10.9 Å². The van der Waals surface area contributed by atoms with E-state index in [-0.39, 0.29) is 6.61 Å². The summed E-state index contributed by atoms with van der Waals surface area (Å²) in [5, 5.41) is 23.9. The molecule has 0 saturated carbocycles. The number of para-hydroxylation sites is 1. The first-order chi connectivity index (χ1) is 10.2. The fraction of sp³-hybridized carbons (Fsp3) is 0.438. The van der Waals surface area contributed by atoms with Crippen molar-refractivity contribution in [3.8, 4) is 0 Å².